The van der Waals surface area contributed by atoms with Crippen LogP contribution in [0.2, 0.25) is 5.02 Å². The lowest BCUT2D eigenvalue weighted by atomic mass is 10.2. The van der Waals surface area contributed by atoms with Gasteiger partial charge in [-0.25, -0.2) is 4.99 Å². The molecule has 0 spiro atoms. The smallest absolute Gasteiger partial charge is 0.266 e. The number of halogens is 1. The van der Waals surface area contributed by atoms with Gasteiger partial charge in [0.05, 0.1) is 17.2 Å². The number of hydrogen-bond acceptors (Lipinski definition) is 4. The third-order valence-electron chi connectivity index (χ3n) is 3.89. The summed E-state index contributed by atoms with van der Waals surface area (Å²) in [6.45, 7) is 5.27. The topological polar surface area (TPSA) is 41.9 Å². The van der Waals surface area contributed by atoms with Crippen LogP contribution in [0.5, 0.6) is 5.75 Å². The molecule has 1 aliphatic rings. The Kier molecular flexibility index (Phi) is 6.58. The highest BCUT2D eigenvalue weighted by Crippen LogP contribution is 2.34. The molecule has 0 unspecified atom stereocenters. The average Bonchev–Trinajstić information content (AvgIpc) is 2.95. The fourth-order valence-electron chi connectivity index (χ4n) is 2.56. The first-order chi connectivity index (χ1) is 13.1. The minimum Gasteiger partial charge on any atom is -0.494 e. The maximum atomic E-state index is 12.7. The molecule has 1 amide bonds. The van der Waals surface area contributed by atoms with Crippen LogP contribution in [0, 0.1) is 0 Å². The molecular weight excluding hydrogens is 380 g/mol. The zero-order chi connectivity index (χ0) is 19.2. The van der Waals surface area contributed by atoms with Crippen LogP contribution in [-0.2, 0) is 4.79 Å². The lowest BCUT2D eigenvalue weighted by Gasteiger charge is -2.12. The standard InChI is InChI=1S/C21H21ClN2O2S/c1-3-12-26-18-10-8-15(9-11-18)13-19-20(25)24(4-2)21(27-19)23-17-7-5-6-16(22)14-17/h5-11,13-14H,3-4,12H2,1-2H3/b19-13+,23-21?. The Bertz CT molecular complexity index is 878. The van der Waals surface area contributed by atoms with Gasteiger partial charge in [0.2, 0.25) is 0 Å². The van der Waals surface area contributed by atoms with Gasteiger partial charge in [-0.15, -0.1) is 0 Å². The first-order valence-electron chi connectivity index (χ1n) is 8.89. The molecule has 1 heterocycles. The number of benzene rings is 2. The molecule has 0 saturated carbocycles. The Labute approximate surface area is 168 Å². The number of ether oxygens (including phenoxy) is 1. The van der Waals surface area contributed by atoms with Gasteiger partial charge in [0.25, 0.3) is 5.91 Å². The van der Waals surface area contributed by atoms with Crippen LogP contribution in [0.4, 0.5) is 5.69 Å². The van der Waals surface area contributed by atoms with E-state index in [0.717, 1.165) is 23.4 Å². The van der Waals surface area contributed by atoms with E-state index >= 15 is 0 Å². The normalized spacial score (nSPS) is 17.1. The number of aliphatic imine (C=N–C) groups is 1. The summed E-state index contributed by atoms with van der Waals surface area (Å²) in [5.41, 5.74) is 1.68. The first kappa shape index (κ1) is 19.5. The Hall–Kier alpha value is -2.24. The number of rotatable bonds is 6. The van der Waals surface area contributed by atoms with Gasteiger partial charge < -0.3 is 4.74 Å². The van der Waals surface area contributed by atoms with Crippen LogP contribution in [0.1, 0.15) is 25.8 Å². The Morgan fingerprint density at radius 2 is 1.96 bits per heavy atom. The van der Waals surface area contributed by atoms with Gasteiger partial charge in [-0.2, -0.15) is 0 Å². The predicted octanol–water partition coefficient (Wildman–Crippen LogP) is 5.75. The number of amides is 1. The maximum Gasteiger partial charge on any atom is 0.266 e. The lowest BCUT2D eigenvalue weighted by molar-refractivity contribution is -0.122. The second-order valence-electron chi connectivity index (χ2n) is 5.95. The van der Waals surface area contributed by atoms with Crippen molar-refractivity contribution in [3.63, 3.8) is 0 Å². The van der Waals surface area contributed by atoms with Crippen molar-refractivity contribution in [1.82, 2.24) is 4.90 Å². The molecule has 2 aromatic carbocycles. The summed E-state index contributed by atoms with van der Waals surface area (Å²) in [5, 5.41) is 1.29. The maximum absolute atomic E-state index is 12.7. The average molecular weight is 401 g/mol. The van der Waals surface area contributed by atoms with Crippen molar-refractivity contribution in [2.75, 3.05) is 13.2 Å². The number of hydrogen-bond donors (Lipinski definition) is 0. The fourth-order valence-corrected chi connectivity index (χ4v) is 3.80. The molecule has 1 fully saturated rings. The third kappa shape index (κ3) is 4.93. The molecule has 3 rings (SSSR count). The first-order valence-corrected chi connectivity index (χ1v) is 10.1. The number of carbonyl (C=O) groups excluding carboxylic acids is 1. The number of carbonyl (C=O) groups is 1. The summed E-state index contributed by atoms with van der Waals surface area (Å²) >= 11 is 7.41. The summed E-state index contributed by atoms with van der Waals surface area (Å²) < 4.78 is 5.60. The highest BCUT2D eigenvalue weighted by atomic mass is 35.5. The van der Waals surface area contributed by atoms with Gasteiger partial charge in [-0.05, 0) is 67.1 Å². The van der Waals surface area contributed by atoms with Crippen LogP contribution >= 0.6 is 23.4 Å². The van der Waals surface area contributed by atoms with Gasteiger partial charge >= 0.3 is 0 Å². The molecule has 4 nitrogen and oxygen atoms in total. The zero-order valence-electron chi connectivity index (χ0n) is 15.3. The minimum absolute atomic E-state index is 0.0328. The number of thioether (sulfide) groups is 1. The summed E-state index contributed by atoms with van der Waals surface area (Å²) in [4.78, 5) is 19.7. The molecule has 0 atom stereocenters. The van der Waals surface area contributed by atoms with Crippen LogP contribution < -0.4 is 4.74 Å². The lowest BCUT2D eigenvalue weighted by Crippen LogP contribution is -2.28. The van der Waals surface area contributed by atoms with Crippen molar-refractivity contribution in [2.45, 2.75) is 20.3 Å². The van der Waals surface area contributed by atoms with Gasteiger partial charge in [0.1, 0.15) is 5.75 Å². The van der Waals surface area contributed by atoms with Crippen LogP contribution in [0.3, 0.4) is 0 Å². The molecule has 0 aromatic heterocycles. The fraction of sp³-hybridized carbons (Fsp3) is 0.238. The zero-order valence-corrected chi connectivity index (χ0v) is 16.9. The third-order valence-corrected chi connectivity index (χ3v) is 5.13. The van der Waals surface area contributed by atoms with E-state index in [0.29, 0.717) is 28.2 Å². The van der Waals surface area contributed by atoms with Crippen LogP contribution in [0.25, 0.3) is 6.08 Å². The van der Waals surface area contributed by atoms with Gasteiger partial charge in [0.15, 0.2) is 5.17 Å². The largest absolute Gasteiger partial charge is 0.494 e. The highest BCUT2D eigenvalue weighted by molar-refractivity contribution is 8.18. The predicted molar refractivity (Wildman–Crippen MR) is 114 cm³/mol. The Balaban J connectivity index is 1.82. The van der Waals surface area contributed by atoms with Crippen LogP contribution in [0.15, 0.2) is 58.4 Å². The van der Waals surface area contributed by atoms with Crippen molar-refractivity contribution in [3.8, 4) is 5.75 Å². The summed E-state index contributed by atoms with van der Waals surface area (Å²) in [5.74, 6) is 0.803. The molecule has 0 aliphatic carbocycles. The molecule has 2 aromatic rings. The van der Waals surface area contributed by atoms with Gasteiger partial charge in [-0.1, -0.05) is 36.7 Å². The quantitative estimate of drug-likeness (QED) is 0.579. The second-order valence-corrected chi connectivity index (χ2v) is 7.40. The molecule has 0 N–H and O–H groups in total. The van der Waals surface area contributed by atoms with E-state index in [1.54, 1.807) is 17.0 Å². The summed E-state index contributed by atoms with van der Waals surface area (Å²) in [6, 6.07) is 15.0. The molecule has 1 saturated heterocycles. The molecule has 27 heavy (non-hydrogen) atoms. The van der Waals surface area contributed by atoms with Gasteiger partial charge in [-0.3, -0.25) is 9.69 Å². The molecule has 6 heteroatoms. The number of nitrogens with zero attached hydrogens (tertiary/aromatic N) is 2. The SMILES string of the molecule is CCCOc1ccc(/C=C2/SC(=Nc3cccc(Cl)c3)N(CC)C2=O)cc1. The highest BCUT2D eigenvalue weighted by Gasteiger charge is 2.32. The minimum atomic E-state index is -0.0328. The molecule has 0 bridgehead atoms. The summed E-state index contributed by atoms with van der Waals surface area (Å²) in [7, 11) is 0. The van der Waals surface area contributed by atoms with E-state index < -0.39 is 0 Å². The van der Waals surface area contributed by atoms with Crippen molar-refractivity contribution in [1.29, 1.82) is 0 Å². The van der Waals surface area contributed by atoms with Crippen molar-refractivity contribution in [3.05, 3.63) is 64.0 Å². The number of likely N-dealkylation sites (N-methyl/N-ethyl adjacent to an activating group) is 1. The number of amidine groups is 1. The van der Waals surface area contributed by atoms with E-state index in [2.05, 4.69) is 11.9 Å². The van der Waals surface area contributed by atoms with E-state index in [1.807, 2.05) is 49.4 Å². The van der Waals surface area contributed by atoms with Gasteiger partial charge in [0, 0.05) is 11.6 Å². The molecule has 0 radical (unpaired) electrons. The van der Waals surface area contributed by atoms with E-state index in [1.165, 1.54) is 11.8 Å². The summed E-state index contributed by atoms with van der Waals surface area (Å²) in [6.07, 6.45) is 2.86. The molecule has 1 aliphatic heterocycles. The molecular formula is C21H21ClN2O2S. The van der Waals surface area contributed by atoms with E-state index in [9.17, 15) is 4.79 Å². The van der Waals surface area contributed by atoms with E-state index in [4.69, 9.17) is 16.3 Å². The Morgan fingerprint density at radius 1 is 1.19 bits per heavy atom. The Morgan fingerprint density at radius 3 is 2.63 bits per heavy atom. The van der Waals surface area contributed by atoms with Crippen molar-refractivity contribution >= 4 is 46.2 Å². The second kappa shape index (κ2) is 9.11. The monoisotopic (exact) mass is 400 g/mol. The molecule has 140 valence electrons. The van der Waals surface area contributed by atoms with Crippen LogP contribution in [-0.4, -0.2) is 29.1 Å². The van der Waals surface area contributed by atoms with Crippen molar-refractivity contribution in [2.24, 2.45) is 4.99 Å². The van der Waals surface area contributed by atoms with E-state index in [-0.39, 0.29) is 5.91 Å². The van der Waals surface area contributed by atoms with Crippen molar-refractivity contribution < 1.29 is 9.53 Å².